The van der Waals surface area contributed by atoms with Gasteiger partial charge in [0.05, 0.1) is 6.54 Å². The van der Waals surface area contributed by atoms with Gasteiger partial charge in [-0.25, -0.2) is 0 Å². The molecular formula is C12H24N2O3. The van der Waals surface area contributed by atoms with Gasteiger partial charge >= 0.3 is 0 Å². The molecule has 0 aliphatic carbocycles. The quantitative estimate of drug-likeness (QED) is 0.632. The van der Waals surface area contributed by atoms with Crippen molar-refractivity contribution in [1.29, 1.82) is 0 Å². The normalized spacial score (nSPS) is 15.1. The Morgan fingerprint density at radius 2 is 1.88 bits per heavy atom. The van der Waals surface area contributed by atoms with Gasteiger partial charge in [-0.15, -0.1) is 0 Å². The van der Waals surface area contributed by atoms with Crippen molar-refractivity contribution >= 4 is 11.8 Å². The number of hydrogen-bond donors (Lipinski definition) is 3. The molecule has 0 bridgehead atoms. The Hall–Kier alpha value is -1.10. The van der Waals surface area contributed by atoms with Crippen LogP contribution >= 0.6 is 0 Å². The van der Waals surface area contributed by atoms with E-state index < -0.39 is 12.0 Å². The average molecular weight is 244 g/mol. The molecule has 5 heteroatoms. The fourth-order valence-electron chi connectivity index (χ4n) is 1.82. The smallest absolute Gasteiger partial charge is 0.248 e. The number of amides is 2. The Labute approximate surface area is 103 Å². The molecule has 0 saturated carbocycles. The lowest BCUT2D eigenvalue weighted by atomic mass is 9.84. The van der Waals surface area contributed by atoms with Gasteiger partial charge in [-0.2, -0.15) is 0 Å². The first-order valence-electron chi connectivity index (χ1n) is 5.86. The Bertz CT molecular complexity index is 271. The van der Waals surface area contributed by atoms with Gasteiger partial charge in [0.25, 0.3) is 0 Å². The van der Waals surface area contributed by atoms with Gasteiger partial charge in [0, 0.05) is 6.42 Å². The van der Waals surface area contributed by atoms with Gasteiger partial charge in [0.2, 0.25) is 11.8 Å². The first-order valence-corrected chi connectivity index (χ1v) is 5.86. The van der Waals surface area contributed by atoms with E-state index in [0.717, 1.165) is 6.42 Å². The van der Waals surface area contributed by atoms with Crippen LogP contribution in [-0.2, 0) is 9.59 Å². The second kappa shape index (κ2) is 6.59. The molecule has 0 aromatic rings. The lowest BCUT2D eigenvalue weighted by Crippen LogP contribution is -2.40. The zero-order valence-electron chi connectivity index (χ0n) is 11.1. The standard InChI is InChI=1S/C12H24N2O3/c1-8(6-12(2,3)4)5-10(16)14-7-9(15)11(13)17/h8-9,15H,5-7H2,1-4H3,(H2,13,17)(H,14,16). The predicted molar refractivity (Wildman–Crippen MR) is 66.1 cm³/mol. The van der Waals surface area contributed by atoms with Gasteiger partial charge in [-0.3, -0.25) is 9.59 Å². The molecule has 5 nitrogen and oxygen atoms in total. The van der Waals surface area contributed by atoms with Crippen LogP contribution in [-0.4, -0.2) is 29.6 Å². The summed E-state index contributed by atoms with van der Waals surface area (Å²) in [6, 6.07) is 0. The summed E-state index contributed by atoms with van der Waals surface area (Å²) >= 11 is 0. The molecule has 0 spiro atoms. The van der Waals surface area contributed by atoms with E-state index in [2.05, 4.69) is 26.1 Å². The van der Waals surface area contributed by atoms with Crippen LogP contribution in [0.1, 0.15) is 40.5 Å². The molecule has 0 aliphatic heterocycles. The minimum absolute atomic E-state index is 0.115. The van der Waals surface area contributed by atoms with Crippen LogP contribution in [0, 0.1) is 11.3 Å². The lowest BCUT2D eigenvalue weighted by molar-refractivity contribution is -0.127. The number of aliphatic hydroxyl groups excluding tert-OH is 1. The highest BCUT2D eigenvalue weighted by Crippen LogP contribution is 2.25. The summed E-state index contributed by atoms with van der Waals surface area (Å²) in [4.78, 5) is 22.0. The molecule has 0 fully saturated rings. The molecular weight excluding hydrogens is 220 g/mol. The van der Waals surface area contributed by atoms with Crippen molar-refractivity contribution in [3.8, 4) is 0 Å². The Kier molecular flexibility index (Phi) is 6.16. The van der Waals surface area contributed by atoms with E-state index in [0.29, 0.717) is 6.42 Å². The van der Waals surface area contributed by atoms with Crippen molar-refractivity contribution in [1.82, 2.24) is 5.32 Å². The van der Waals surface area contributed by atoms with Crippen LogP contribution in [0.15, 0.2) is 0 Å². The van der Waals surface area contributed by atoms with Crippen LogP contribution < -0.4 is 11.1 Å². The molecule has 0 aliphatic rings. The largest absolute Gasteiger partial charge is 0.381 e. The Balaban J connectivity index is 3.90. The molecule has 2 unspecified atom stereocenters. The summed E-state index contributed by atoms with van der Waals surface area (Å²) in [6.07, 6.45) is 0.0264. The summed E-state index contributed by atoms with van der Waals surface area (Å²) in [6.45, 7) is 8.26. The molecule has 0 saturated heterocycles. The van der Waals surface area contributed by atoms with Gasteiger partial charge in [-0.05, 0) is 17.8 Å². The van der Waals surface area contributed by atoms with Crippen molar-refractivity contribution in [3.63, 3.8) is 0 Å². The summed E-state index contributed by atoms with van der Waals surface area (Å²) in [5.74, 6) is -0.726. The third-order valence-corrected chi connectivity index (χ3v) is 2.32. The van der Waals surface area contributed by atoms with Crippen molar-refractivity contribution in [2.24, 2.45) is 17.1 Å². The molecule has 0 heterocycles. The predicted octanol–water partition coefficient (Wildman–Crippen LogP) is 0.411. The number of aliphatic hydroxyl groups is 1. The van der Waals surface area contributed by atoms with Crippen LogP contribution in [0.5, 0.6) is 0 Å². The van der Waals surface area contributed by atoms with E-state index in [1.807, 2.05) is 6.92 Å². The van der Waals surface area contributed by atoms with Gasteiger partial charge in [-0.1, -0.05) is 27.7 Å². The zero-order valence-corrected chi connectivity index (χ0v) is 11.1. The number of carbonyl (C=O) groups excluding carboxylic acids is 2. The Morgan fingerprint density at radius 3 is 2.29 bits per heavy atom. The summed E-state index contributed by atoms with van der Waals surface area (Å²) in [5, 5.41) is 11.6. The van der Waals surface area contributed by atoms with Crippen molar-refractivity contribution in [2.75, 3.05) is 6.54 Å². The number of nitrogens with one attached hydrogen (secondary N) is 1. The fourth-order valence-corrected chi connectivity index (χ4v) is 1.82. The first kappa shape index (κ1) is 15.9. The maximum atomic E-state index is 11.5. The first-order chi connectivity index (χ1) is 7.61. The molecule has 0 radical (unpaired) electrons. The van der Waals surface area contributed by atoms with Crippen molar-refractivity contribution < 1.29 is 14.7 Å². The minimum atomic E-state index is -1.31. The molecule has 4 N–H and O–H groups in total. The maximum Gasteiger partial charge on any atom is 0.248 e. The molecule has 0 aromatic heterocycles. The van der Waals surface area contributed by atoms with E-state index in [4.69, 9.17) is 10.8 Å². The SMILES string of the molecule is CC(CC(=O)NCC(O)C(N)=O)CC(C)(C)C. The van der Waals surface area contributed by atoms with Gasteiger partial charge < -0.3 is 16.2 Å². The summed E-state index contributed by atoms with van der Waals surface area (Å²) in [5.41, 5.74) is 5.05. The number of nitrogens with two attached hydrogens (primary N) is 1. The topological polar surface area (TPSA) is 92.4 Å². The molecule has 2 amide bonds. The fraction of sp³-hybridized carbons (Fsp3) is 0.833. The van der Waals surface area contributed by atoms with Crippen LogP contribution in [0.25, 0.3) is 0 Å². The highest BCUT2D eigenvalue weighted by atomic mass is 16.3. The van der Waals surface area contributed by atoms with E-state index in [-0.39, 0.29) is 23.8 Å². The van der Waals surface area contributed by atoms with Crippen LogP contribution in [0.4, 0.5) is 0 Å². The van der Waals surface area contributed by atoms with E-state index >= 15 is 0 Å². The minimum Gasteiger partial charge on any atom is -0.381 e. The maximum absolute atomic E-state index is 11.5. The van der Waals surface area contributed by atoms with Gasteiger partial charge in [0.1, 0.15) is 6.10 Å². The number of rotatable bonds is 6. The van der Waals surface area contributed by atoms with Crippen LogP contribution in [0.2, 0.25) is 0 Å². The third kappa shape index (κ3) is 8.68. The van der Waals surface area contributed by atoms with E-state index in [9.17, 15) is 9.59 Å². The van der Waals surface area contributed by atoms with Crippen LogP contribution in [0.3, 0.4) is 0 Å². The number of primary amides is 1. The third-order valence-electron chi connectivity index (χ3n) is 2.32. The summed E-state index contributed by atoms with van der Waals surface area (Å²) in [7, 11) is 0. The molecule has 0 rings (SSSR count). The monoisotopic (exact) mass is 244 g/mol. The molecule has 0 aromatic carbocycles. The Morgan fingerprint density at radius 1 is 1.35 bits per heavy atom. The van der Waals surface area contributed by atoms with E-state index in [1.54, 1.807) is 0 Å². The lowest BCUT2D eigenvalue weighted by Gasteiger charge is -2.22. The van der Waals surface area contributed by atoms with E-state index in [1.165, 1.54) is 0 Å². The van der Waals surface area contributed by atoms with Crippen molar-refractivity contribution in [3.05, 3.63) is 0 Å². The van der Waals surface area contributed by atoms with Crippen molar-refractivity contribution in [2.45, 2.75) is 46.6 Å². The highest BCUT2D eigenvalue weighted by Gasteiger charge is 2.18. The number of hydrogen-bond acceptors (Lipinski definition) is 3. The second-order valence-corrected chi connectivity index (χ2v) is 5.80. The van der Waals surface area contributed by atoms with Gasteiger partial charge in [0.15, 0.2) is 0 Å². The molecule has 2 atom stereocenters. The zero-order chi connectivity index (χ0) is 13.6. The molecule has 17 heavy (non-hydrogen) atoms. The molecule has 100 valence electrons. The highest BCUT2D eigenvalue weighted by molar-refractivity contribution is 5.80. The average Bonchev–Trinajstić information content (AvgIpc) is 2.10. The summed E-state index contributed by atoms with van der Waals surface area (Å²) < 4.78 is 0. The number of carbonyl (C=O) groups is 2. The second-order valence-electron chi connectivity index (χ2n) is 5.80.